The smallest absolute Gasteiger partial charge is 0.155 e. The number of nitrogens with one attached hydrogen (secondary N) is 1. The minimum Gasteiger partial charge on any atom is -0.383 e. The van der Waals surface area contributed by atoms with Crippen molar-refractivity contribution in [3.8, 4) is 27.9 Å². The fraction of sp³-hybridized carbons (Fsp3) is 0.0426. The third-order valence-corrected chi connectivity index (χ3v) is 10.6. The molecular weight excluding hydrogens is 621 g/mol. The van der Waals surface area contributed by atoms with Crippen molar-refractivity contribution in [1.29, 1.82) is 0 Å². The lowest BCUT2D eigenvalue weighted by molar-refractivity contribution is 0.541. The normalized spacial score (nSPS) is 16.6. The number of nitrogens with two attached hydrogens (primary N) is 1. The molecule has 3 N–H and O–H groups in total. The number of hydrogen-bond donors (Lipinski definition) is 2. The largest absolute Gasteiger partial charge is 0.383 e. The zero-order valence-corrected chi connectivity index (χ0v) is 28.1. The zero-order valence-electron chi connectivity index (χ0n) is 28.1. The van der Waals surface area contributed by atoms with Crippen molar-refractivity contribution in [2.45, 2.75) is 12.6 Å². The molecule has 8 aromatic rings. The van der Waals surface area contributed by atoms with Crippen LogP contribution in [0.25, 0.3) is 71.7 Å². The number of nitrogens with zero attached hydrogens (tertiary/aromatic N) is 2. The Balaban J connectivity index is 1.08. The third kappa shape index (κ3) is 4.50. The average molecular weight is 655 g/mol. The second-order valence-corrected chi connectivity index (χ2v) is 13.6. The van der Waals surface area contributed by atoms with Gasteiger partial charge < -0.3 is 15.6 Å². The maximum Gasteiger partial charge on any atom is 0.155 e. The van der Waals surface area contributed by atoms with Gasteiger partial charge in [-0.1, -0.05) is 121 Å². The Morgan fingerprint density at radius 1 is 0.569 bits per heavy atom. The highest BCUT2D eigenvalue weighted by atomic mass is 15.2. The number of aliphatic imine (C=N–C) groups is 1. The molecule has 0 radical (unpaired) electrons. The molecule has 51 heavy (non-hydrogen) atoms. The third-order valence-electron chi connectivity index (χ3n) is 10.6. The second kappa shape index (κ2) is 11.2. The quantitative estimate of drug-likeness (QED) is 0.143. The van der Waals surface area contributed by atoms with Crippen LogP contribution in [-0.2, 0) is 0 Å². The summed E-state index contributed by atoms with van der Waals surface area (Å²) in [6.07, 6.45) is 4.26. The highest BCUT2D eigenvalue weighted by Gasteiger charge is 2.32. The van der Waals surface area contributed by atoms with Crippen LogP contribution in [0.15, 0.2) is 175 Å². The first-order valence-corrected chi connectivity index (χ1v) is 17.4. The highest BCUT2D eigenvalue weighted by Crippen LogP contribution is 2.49. The second-order valence-electron chi connectivity index (χ2n) is 13.6. The molecule has 0 amide bonds. The number of fused-ring (bicyclic) bond motifs is 3. The summed E-state index contributed by atoms with van der Waals surface area (Å²) < 4.78 is 2.39. The summed E-state index contributed by atoms with van der Waals surface area (Å²) in [5.41, 5.74) is 19.9. The molecule has 4 heteroatoms. The molecule has 4 nitrogen and oxygen atoms in total. The Morgan fingerprint density at radius 2 is 1.18 bits per heavy atom. The van der Waals surface area contributed by atoms with Crippen molar-refractivity contribution in [3.05, 3.63) is 187 Å². The first-order chi connectivity index (χ1) is 25.1. The van der Waals surface area contributed by atoms with Crippen LogP contribution in [0.5, 0.6) is 0 Å². The number of amidine groups is 1. The SMILES string of the molecule is CC1(N=C(N)c2ccc(-n3c4cccc5c4c4c6c(cccc6ccc43)-c3ccccc3-5)cc2)NC=C(c2ccccc2)C=C1c1ccccc1. The zero-order chi connectivity index (χ0) is 34.1. The Morgan fingerprint density at radius 3 is 1.90 bits per heavy atom. The Bertz CT molecular complexity index is 2770. The standard InChI is InChI=1S/C47H34N4/c1-47(40(31-14-6-3-7-15-31)28-34(29-49-47)30-12-4-2-5-13-30)50-46(48)33-22-25-35(26-23-33)51-41-21-11-20-39-37-18-9-8-17-36(37)38-19-10-16-32-24-27-42(51)45(43(32)38)44(39)41/h2-29,49H,1H3,(H2,48,50). The number of rotatable bonds is 5. The Labute approximate surface area is 296 Å². The lowest BCUT2D eigenvalue weighted by atomic mass is 9.88. The summed E-state index contributed by atoms with van der Waals surface area (Å²) in [6.45, 7) is 2.09. The molecule has 1 aliphatic heterocycles. The maximum atomic E-state index is 6.85. The van der Waals surface area contributed by atoms with E-state index in [0.717, 1.165) is 33.5 Å². The average Bonchev–Trinajstić information content (AvgIpc) is 3.47. The van der Waals surface area contributed by atoms with Crippen LogP contribution in [-0.4, -0.2) is 16.1 Å². The number of allylic oxidation sites excluding steroid dienone is 2. The van der Waals surface area contributed by atoms with Gasteiger partial charge >= 0.3 is 0 Å². The summed E-state index contributed by atoms with van der Waals surface area (Å²) >= 11 is 0. The maximum absolute atomic E-state index is 6.85. The van der Waals surface area contributed by atoms with E-state index in [2.05, 4.69) is 168 Å². The Kier molecular flexibility index (Phi) is 6.43. The molecular formula is C47H34N4. The number of hydrogen-bond acceptors (Lipinski definition) is 2. The van der Waals surface area contributed by atoms with Gasteiger partial charge in [0.1, 0.15) is 5.84 Å². The van der Waals surface area contributed by atoms with E-state index in [9.17, 15) is 0 Å². The summed E-state index contributed by atoms with van der Waals surface area (Å²) in [7, 11) is 0. The molecule has 0 saturated carbocycles. The molecule has 0 saturated heterocycles. The van der Waals surface area contributed by atoms with Gasteiger partial charge in [-0.15, -0.1) is 0 Å². The van der Waals surface area contributed by atoms with Crippen LogP contribution < -0.4 is 11.1 Å². The van der Waals surface area contributed by atoms with Gasteiger partial charge in [-0.25, -0.2) is 4.99 Å². The molecule has 1 aliphatic carbocycles. The molecule has 0 bridgehead atoms. The molecule has 7 aromatic carbocycles. The summed E-state index contributed by atoms with van der Waals surface area (Å²) in [6, 6.07) is 56.0. The topological polar surface area (TPSA) is 55.3 Å². The number of benzene rings is 7. The van der Waals surface area contributed by atoms with Gasteiger partial charge in [0, 0.05) is 33.8 Å². The lowest BCUT2D eigenvalue weighted by Gasteiger charge is -2.33. The highest BCUT2D eigenvalue weighted by molar-refractivity contribution is 6.30. The van der Waals surface area contributed by atoms with E-state index in [4.69, 9.17) is 10.7 Å². The van der Waals surface area contributed by atoms with E-state index in [1.165, 1.54) is 54.8 Å². The van der Waals surface area contributed by atoms with Gasteiger partial charge in [0.25, 0.3) is 0 Å². The predicted molar refractivity (Wildman–Crippen MR) is 214 cm³/mol. The predicted octanol–water partition coefficient (Wildman–Crippen LogP) is 10.7. The summed E-state index contributed by atoms with van der Waals surface area (Å²) in [4.78, 5) is 5.16. The molecule has 0 fully saturated rings. The van der Waals surface area contributed by atoms with Crippen LogP contribution in [0.3, 0.4) is 0 Å². The van der Waals surface area contributed by atoms with Crippen molar-refractivity contribution in [2.75, 3.05) is 0 Å². The van der Waals surface area contributed by atoms with Gasteiger partial charge in [0.05, 0.1) is 11.0 Å². The summed E-state index contributed by atoms with van der Waals surface area (Å²) in [5, 5.41) is 8.76. The van der Waals surface area contributed by atoms with E-state index in [1.807, 2.05) is 18.3 Å². The van der Waals surface area contributed by atoms with Crippen LogP contribution in [0.4, 0.5) is 0 Å². The van der Waals surface area contributed by atoms with Crippen molar-refractivity contribution in [2.24, 2.45) is 10.7 Å². The first kappa shape index (κ1) is 29.3. The summed E-state index contributed by atoms with van der Waals surface area (Å²) in [5.74, 6) is 0.473. The van der Waals surface area contributed by atoms with E-state index < -0.39 is 5.66 Å². The lowest BCUT2D eigenvalue weighted by Crippen LogP contribution is -2.42. The fourth-order valence-electron chi connectivity index (χ4n) is 8.20. The number of aromatic nitrogens is 1. The molecule has 10 rings (SSSR count). The van der Waals surface area contributed by atoms with Crippen molar-refractivity contribution in [1.82, 2.24) is 9.88 Å². The van der Waals surface area contributed by atoms with Gasteiger partial charge in [-0.05, 0) is 99.1 Å². The first-order valence-electron chi connectivity index (χ1n) is 17.4. The van der Waals surface area contributed by atoms with E-state index in [0.29, 0.717) is 5.84 Å². The molecule has 0 spiro atoms. The van der Waals surface area contributed by atoms with Crippen LogP contribution in [0, 0.1) is 0 Å². The van der Waals surface area contributed by atoms with Gasteiger partial charge in [0.15, 0.2) is 5.66 Å². The monoisotopic (exact) mass is 654 g/mol. The van der Waals surface area contributed by atoms with Gasteiger partial charge in [-0.3, -0.25) is 0 Å². The van der Waals surface area contributed by atoms with Crippen LogP contribution in [0.1, 0.15) is 23.6 Å². The van der Waals surface area contributed by atoms with Crippen LogP contribution in [0.2, 0.25) is 0 Å². The van der Waals surface area contributed by atoms with E-state index in [-0.39, 0.29) is 0 Å². The van der Waals surface area contributed by atoms with Gasteiger partial charge in [-0.2, -0.15) is 0 Å². The van der Waals surface area contributed by atoms with Crippen molar-refractivity contribution < 1.29 is 0 Å². The number of dihydropyridines is 1. The van der Waals surface area contributed by atoms with E-state index in [1.54, 1.807) is 0 Å². The molecule has 1 unspecified atom stereocenters. The van der Waals surface area contributed by atoms with Crippen LogP contribution >= 0.6 is 0 Å². The molecule has 1 aromatic heterocycles. The Hall–Kier alpha value is -6.65. The molecule has 1 atom stereocenters. The van der Waals surface area contributed by atoms with Gasteiger partial charge in [0.2, 0.25) is 0 Å². The van der Waals surface area contributed by atoms with Crippen molar-refractivity contribution in [3.63, 3.8) is 0 Å². The molecule has 2 heterocycles. The van der Waals surface area contributed by atoms with Crippen molar-refractivity contribution >= 4 is 49.6 Å². The minimum atomic E-state index is -0.769. The fourth-order valence-corrected chi connectivity index (χ4v) is 8.20. The molecule has 242 valence electrons. The molecule has 2 aliphatic rings. The van der Waals surface area contributed by atoms with E-state index >= 15 is 0 Å². The minimum absolute atomic E-state index is 0.473.